The van der Waals surface area contributed by atoms with E-state index in [9.17, 15) is 20.4 Å². The maximum absolute atomic E-state index is 12.5. The largest absolute Gasteiger partial charge is 0.508 e. The molecule has 0 bridgehead atoms. The number of ether oxygens (including phenoxy) is 2. The molecule has 8 heteroatoms. The molecule has 0 aliphatic carbocycles. The highest BCUT2D eigenvalue weighted by Gasteiger charge is 2.15. The second kappa shape index (κ2) is 11.4. The first-order chi connectivity index (χ1) is 16.4. The second-order valence-electron chi connectivity index (χ2n) is 6.99. The third kappa shape index (κ3) is 6.07. The lowest BCUT2D eigenvalue weighted by Crippen LogP contribution is -2.13. The Morgan fingerprint density at radius 2 is 1.85 bits per heavy atom. The Morgan fingerprint density at radius 1 is 1.12 bits per heavy atom. The van der Waals surface area contributed by atoms with Gasteiger partial charge in [-0.2, -0.15) is 10.5 Å². The van der Waals surface area contributed by atoms with Crippen LogP contribution in [0.5, 0.6) is 17.2 Å². The maximum Gasteiger partial charge on any atom is 0.266 e. The van der Waals surface area contributed by atoms with E-state index >= 15 is 0 Å². The smallest absolute Gasteiger partial charge is 0.266 e. The van der Waals surface area contributed by atoms with Gasteiger partial charge in [0.15, 0.2) is 11.5 Å². The summed E-state index contributed by atoms with van der Waals surface area (Å²) in [5, 5.41) is 31.0. The summed E-state index contributed by atoms with van der Waals surface area (Å²) in [6, 6.07) is 20.1. The SMILES string of the molecule is CCOc1cc(/C=C(\C#N)C(=O)Nc2ccc(O)cc2)cc(Cl)c1OCc1ccccc1C#N. The molecule has 7 nitrogen and oxygen atoms in total. The molecule has 0 heterocycles. The first-order valence-electron chi connectivity index (χ1n) is 10.2. The van der Waals surface area contributed by atoms with Gasteiger partial charge < -0.3 is 19.9 Å². The zero-order valence-electron chi connectivity index (χ0n) is 18.2. The molecule has 3 aromatic rings. The Kier molecular flexibility index (Phi) is 8.12. The molecule has 0 radical (unpaired) electrons. The third-order valence-corrected chi connectivity index (χ3v) is 4.92. The molecule has 0 saturated heterocycles. The quantitative estimate of drug-likeness (QED) is 0.255. The first kappa shape index (κ1) is 24.2. The van der Waals surface area contributed by atoms with Crippen LogP contribution in [0.15, 0.2) is 66.2 Å². The number of hydrogen-bond donors (Lipinski definition) is 2. The van der Waals surface area contributed by atoms with Crippen LogP contribution in [0.4, 0.5) is 5.69 Å². The molecule has 0 aliphatic heterocycles. The zero-order chi connectivity index (χ0) is 24.5. The lowest BCUT2D eigenvalue weighted by Gasteiger charge is -2.15. The van der Waals surface area contributed by atoms with E-state index in [1.54, 1.807) is 37.3 Å². The average Bonchev–Trinajstić information content (AvgIpc) is 2.83. The van der Waals surface area contributed by atoms with Crippen molar-refractivity contribution in [3.05, 3.63) is 87.9 Å². The molecule has 0 aliphatic rings. The summed E-state index contributed by atoms with van der Waals surface area (Å²) < 4.78 is 11.6. The van der Waals surface area contributed by atoms with Gasteiger partial charge in [-0.1, -0.05) is 29.8 Å². The van der Waals surface area contributed by atoms with Crippen molar-refractivity contribution < 1.29 is 19.4 Å². The molecule has 0 atom stereocenters. The number of rotatable bonds is 8. The Hall–Kier alpha value is -4.46. The number of anilines is 1. The van der Waals surface area contributed by atoms with E-state index in [0.717, 1.165) is 0 Å². The van der Waals surface area contributed by atoms with E-state index in [4.69, 9.17) is 21.1 Å². The van der Waals surface area contributed by atoms with Crippen LogP contribution in [0.25, 0.3) is 6.08 Å². The fourth-order valence-corrected chi connectivity index (χ4v) is 3.31. The fraction of sp³-hybridized carbons (Fsp3) is 0.115. The number of nitrogens with zero attached hydrogens (tertiary/aromatic N) is 2. The number of phenols is 1. The lowest BCUT2D eigenvalue weighted by molar-refractivity contribution is -0.112. The van der Waals surface area contributed by atoms with Crippen molar-refractivity contribution in [1.29, 1.82) is 10.5 Å². The van der Waals surface area contributed by atoms with Gasteiger partial charge in [-0.3, -0.25) is 4.79 Å². The number of amides is 1. The molecule has 0 unspecified atom stereocenters. The van der Waals surface area contributed by atoms with Gasteiger partial charge in [0, 0.05) is 11.3 Å². The summed E-state index contributed by atoms with van der Waals surface area (Å²) in [5.74, 6) is 0.0775. The van der Waals surface area contributed by atoms with Crippen molar-refractivity contribution in [2.45, 2.75) is 13.5 Å². The summed E-state index contributed by atoms with van der Waals surface area (Å²) in [6.07, 6.45) is 1.39. The van der Waals surface area contributed by atoms with Crippen LogP contribution in [0, 0.1) is 22.7 Å². The summed E-state index contributed by atoms with van der Waals surface area (Å²) in [7, 11) is 0. The predicted molar refractivity (Wildman–Crippen MR) is 128 cm³/mol. The van der Waals surface area contributed by atoms with E-state index in [1.807, 2.05) is 12.1 Å². The molecular weight excluding hydrogens is 454 g/mol. The molecule has 170 valence electrons. The summed E-state index contributed by atoms with van der Waals surface area (Å²) in [4.78, 5) is 12.5. The zero-order valence-corrected chi connectivity index (χ0v) is 19.0. The molecule has 3 rings (SSSR count). The van der Waals surface area contributed by atoms with Crippen LogP contribution >= 0.6 is 11.6 Å². The Morgan fingerprint density at radius 3 is 2.53 bits per heavy atom. The van der Waals surface area contributed by atoms with E-state index < -0.39 is 5.91 Å². The molecular formula is C26H20ClN3O4. The molecule has 1 amide bonds. The number of hydrogen-bond acceptors (Lipinski definition) is 6. The van der Waals surface area contributed by atoms with Gasteiger partial charge in [-0.25, -0.2) is 0 Å². The topological polar surface area (TPSA) is 115 Å². The van der Waals surface area contributed by atoms with E-state index in [1.165, 1.54) is 30.3 Å². The summed E-state index contributed by atoms with van der Waals surface area (Å²) in [5.41, 5.74) is 1.94. The number of phenolic OH excluding ortho intramolecular Hbond substituents is 1. The number of nitrogens with one attached hydrogen (secondary N) is 1. The fourth-order valence-electron chi connectivity index (χ4n) is 3.04. The molecule has 0 saturated carbocycles. The number of nitriles is 2. The lowest BCUT2D eigenvalue weighted by atomic mass is 10.1. The Labute approximate surface area is 202 Å². The van der Waals surface area contributed by atoms with Gasteiger partial charge in [-0.15, -0.1) is 0 Å². The predicted octanol–water partition coefficient (Wildman–Crippen LogP) is 5.44. The van der Waals surface area contributed by atoms with Crippen LogP contribution in [-0.2, 0) is 11.4 Å². The van der Waals surface area contributed by atoms with Crippen LogP contribution in [0.1, 0.15) is 23.6 Å². The number of benzene rings is 3. The number of carbonyl (C=O) groups is 1. The monoisotopic (exact) mass is 473 g/mol. The molecule has 3 aromatic carbocycles. The van der Waals surface area contributed by atoms with Crippen LogP contribution in [0.2, 0.25) is 5.02 Å². The van der Waals surface area contributed by atoms with Gasteiger partial charge in [0.25, 0.3) is 5.91 Å². The highest BCUT2D eigenvalue weighted by Crippen LogP contribution is 2.38. The van der Waals surface area contributed by atoms with Crippen molar-refractivity contribution in [1.82, 2.24) is 0 Å². The normalized spacial score (nSPS) is 10.6. The highest BCUT2D eigenvalue weighted by atomic mass is 35.5. The Bertz CT molecular complexity index is 1310. The highest BCUT2D eigenvalue weighted by molar-refractivity contribution is 6.32. The minimum absolute atomic E-state index is 0.0607. The minimum Gasteiger partial charge on any atom is -0.508 e. The first-order valence-corrected chi connectivity index (χ1v) is 10.6. The number of carbonyl (C=O) groups excluding carboxylic acids is 1. The molecule has 0 fully saturated rings. The summed E-state index contributed by atoms with van der Waals surface area (Å²) in [6.45, 7) is 2.25. The van der Waals surface area contributed by atoms with Crippen molar-refractivity contribution in [3.63, 3.8) is 0 Å². The van der Waals surface area contributed by atoms with Crippen LogP contribution in [0.3, 0.4) is 0 Å². The van der Waals surface area contributed by atoms with Crippen molar-refractivity contribution in [3.8, 4) is 29.4 Å². The van der Waals surface area contributed by atoms with E-state index in [-0.39, 0.29) is 23.0 Å². The van der Waals surface area contributed by atoms with Gasteiger partial charge in [0.1, 0.15) is 24.0 Å². The maximum atomic E-state index is 12.5. The number of halogens is 1. The van der Waals surface area contributed by atoms with Gasteiger partial charge in [0.2, 0.25) is 0 Å². The molecule has 34 heavy (non-hydrogen) atoms. The van der Waals surface area contributed by atoms with E-state index in [0.29, 0.717) is 40.5 Å². The van der Waals surface area contributed by atoms with Crippen molar-refractivity contribution in [2.75, 3.05) is 11.9 Å². The standard InChI is InChI=1S/C26H20ClN3O4/c1-2-33-24-13-17(11-20(15-29)26(32)30-21-7-9-22(31)10-8-21)12-23(27)25(24)34-16-19-6-4-3-5-18(19)14-28/h3-13,31H,2,16H2,1H3,(H,30,32)/b20-11+. The van der Waals surface area contributed by atoms with Crippen LogP contribution < -0.4 is 14.8 Å². The van der Waals surface area contributed by atoms with Gasteiger partial charge >= 0.3 is 0 Å². The Balaban J connectivity index is 1.86. The third-order valence-electron chi connectivity index (χ3n) is 4.64. The van der Waals surface area contributed by atoms with Crippen molar-refractivity contribution in [2.24, 2.45) is 0 Å². The van der Waals surface area contributed by atoms with Gasteiger partial charge in [0.05, 0.1) is 23.3 Å². The number of aromatic hydroxyl groups is 1. The van der Waals surface area contributed by atoms with Crippen LogP contribution in [-0.4, -0.2) is 17.6 Å². The van der Waals surface area contributed by atoms with Crippen molar-refractivity contribution >= 4 is 29.3 Å². The van der Waals surface area contributed by atoms with E-state index in [2.05, 4.69) is 11.4 Å². The molecule has 0 spiro atoms. The summed E-state index contributed by atoms with van der Waals surface area (Å²) >= 11 is 6.45. The second-order valence-corrected chi connectivity index (χ2v) is 7.40. The molecule has 2 N–H and O–H groups in total. The van der Waals surface area contributed by atoms with Gasteiger partial charge in [-0.05, 0) is 61.0 Å². The average molecular weight is 474 g/mol. The molecule has 0 aromatic heterocycles. The minimum atomic E-state index is -0.615.